The van der Waals surface area contributed by atoms with Crippen LogP contribution in [0.15, 0.2) is 24.3 Å². The van der Waals surface area contributed by atoms with Crippen molar-refractivity contribution in [2.45, 2.75) is 19.8 Å². The molecule has 3 heteroatoms. The first kappa shape index (κ1) is 12.3. The van der Waals surface area contributed by atoms with Crippen molar-refractivity contribution in [2.24, 2.45) is 0 Å². The van der Waals surface area contributed by atoms with E-state index in [0.717, 1.165) is 23.0 Å². The van der Waals surface area contributed by atoms with Crippen molar-refractivity contribution < 1.29 is 14.6 Å². The fourth-order valence-corrected chi connectivity index (χ4v) is 1.49. The Labute approximate surface area is 95.4 Å². The Morgan fingerprint density at radius 3 is 2.62 bits per heavy atom. The minimum Gasteiger partial charge on any atom is -0.545 e. The predicted octanol–water partition coefficient (Wildman–Crippen LogP) is 1.58. The van der Waals surface area contributed by atoms with E-state index in [2.05, 4.69) is 0 Å². The Bertz CT molecular complexity index is 406. The predicted molar refractivity (Wildman–Crippen MR) is 61.1 cm³/mol. The van der Waals surface area contributed by atoms with Gasteiger partial charge in [-0.05, 0) is 35.3 Å². The smallest absolute Gasteiger partial charge is 0.119 e. The Morgan fingerprint density at radius 1 is 1.44 bits per heavy atom. The number of carbonyl (C=O) groups is 1. The van der Waals surface area contributed by atoms with Crippen molar-refractivity contribution in [3.63, 3.8) is 0 Å². The average Bonchev–Trinajstić information content (AvgIpc) is 2.25. The zero-order valence-corrected chi connectivity index (χ0v) is 9.69. The van der Waals surface area contributed by atoms with Crippen molar-refractivity contribution in [3.8, 4) is 5.75 Å². The first-order valence-electron chi connectivity index (χ1n) is 5.11. The zero-order valence-electron chi connectivity index (χ0n) is 9.69. The molecule has 0 aliphatic heterocycles. The number of hydrogen-bond acceptors (Lipinski definition) is 3. The molecule has 0 amide bonds. The molecule has 0 aliphatic rings. The second-order valence-electron chi connectivity index (χ2n) is 3.80. The Balaban J connectivity index is 3.12. The molecule has 0 unspecified atom stereocenters. The molecule has 0 radical (unpaired) electrons. The minimum absolute atomic E-state index is 0.302. The number of carbonyl (C=O) groups excluding carboxylic acids is 1. The first-order valence-corrected chi connectivity index (χ1v) is 5.11. The maximum atomic E-state index is 10.4. The van der Waals surface area contributed by atoms with Crippen LogP contribution in [0.3, 0.4) is 0 Å². The highest BCUT2D eigenvalue weighted by atomic mass is 16.5. The van der Waals surface area contributed by atoms with Crippen molar-refractivity contribution in [1.82, 2.24) is 0 Å². The molecule has 0 heterocycles. The van der Waals surface area contributed by atoms with E-state index < -0.39 is 5.97 Å². The van der Waals surface area contributed by atoms with Gasteiger partial charge in [0.2, 0.25) is 0 Å². The van der Waals surface area contributed by atoms with Crippen LogP contribution in [0.25, 0.3) is 6.08 Å². The number of carboxylic acids is 1. The molecule has 0 fully saturated rings. The van der Waals surface area contributed by atoms with E-state index in [0.29, 0.717) is 5.92 Å². The molecule has 0 aromatic heterocycles. The molecular formula is C13H15O3-. The molecule has 0 spiro atoms. The summed E-state index contributed by atoms with van der Waals surface area (Å²) < 4.78 is 5.13. The number of benzene rings is 1. The van der Waals surface area contributed by atoms with Gasteiger partial charge in [0.1, 0.15) is 5.75 Å². The van der Waals surface area contributed by atoms with Crippen molar-refractivity contribution in [1.29, 1.82) is 0 Å². The monoisotopic (exact) mass is 219 g/mol. The minimum atomic E-state index is -1.19. The maximum absolute atomic E-state index is 10.4. The lowest BCUT2D eigenvalue weighted by Crippen LogP contribution is -2.18. The highest BCUT2D eigenvalue weighted by Gasteiger charge is 2.05. The molecule has 3 nitrogen and oxygen atoms in total. The van der Waals surface area contributed by atoms with E-state index in [1.807, 2.05) is 26.0 Å². The summed E-state index contributed by atoms with van der Waals surface area (Å²) in [4.78, 5) is 10.4. The molecule has 0 bridgehead atoms. The molecule has 1 aromatic rings. The number of rotatable bonds is 4. The third kappa shape index (κ3) is 3.12. The van der Waals surface area contributed by atoms with Gasteiger partial charge in [-0.3, -0.25) is 0 Å². The molecule has 1 rings (SSSR count). The van der Waals surface area contributed by atoms with Gasteiger partial charge >= 0.3 is 0 Å². The van der Waals surface area contributed by atoms with Gasteiger partial charge in [-0.2, -0.15) is 0 Å². The van der Waals surface area contributed by atoms with Crippen molar-refractivity contribution >= 4 is 12.0 Å². The number of carboxylic acid groups (broad SMARTS) is 1. The highest BCUT2D eigenvalue weighted by molar-refractivity contribution is 5.84. The fourth-order valence-electron chi connectivity index (χ4n) is 1.49. The van der Waals surface area contributed by atoms with E-state index in [4.69, 9.17) is 4.74 Å². The number of ether oxygens (including phenoxy) is 1. The van der Waals surface area contributed by atoms with Gasteiger partial charge in [0.25, 0.3) is 0 Å². The van der Waals surface area contributed by atoms with Crippen LogP contribution in [0.5, 0.6) is 5.75 Å². The zero-order chi connectivity index (χ0) is 12.1. The Hall–Kier alpha value is -1.77. The number of hydrogen-bond donors (Lipinski definition) is 0. The summed E-state index contributed by atoms with van der Waals surface area (Å²) in [7, 11) is 1.61. The lowest BCUT2D eigenvalue weighted by Gasteiger charge is -2.11. The largest absolute Gasteiger partial charge is 0.545 e. The highest BCUT2D eigenvalue weighted by Crippen LogP contribution is 2.25. The van der Waals surface area contributed by atoms with Crippen molar-refractivity contribution in [2.75, 3.05) is 7.11 Å². The topological polar surface area (TPSA) is 49.4 Å². The van der Waals surface area contributed by atoms with Gasteiger partial charge in [-0.25, -0.2) is 0 Å². The molecule has 1 aromatic carbocycles. The quantitative estimate of drug-likeness (QED) is 0.722. The summed E-state index contributed by atoms with van der Waals surface area (Å²) >= 11 is 0. The number of aliphatic carboxylic acids is 1. The van der Waals surface area contributed by atoms with Gasteiger partial charge in [0, 0.05) is 0 Å². The molecule has 0 N–H and O–H groups in total. The van der Waals surface area contributed by atoms with Gasteiger partial charge in [0.15, 0.2) is 0 Å². The third-order valence-corrected chi connectivity index (χ3v) is 2.31. The van der Waals surface area contributed by atoms with E-state index >= 15 is 0 Å². The van der Waals surface area contributed by atoms with Crippen LogP contribution < -0.4 is 9.84 Å². The van der Waals surface area contributed by atoms with E-state index in [9.17, 15) is 9.90 Å². The van der Waals surface area contributed by atoms with Crippen LogP contribution in [0.4, 0.5) is 0 Å². The van der Waals surface area contributed by atoms with E-state index in [-0.39, 0.29) is 0 Å². The van der Waals surface area contributed by atoms with Crippen LogP contribution in [0, 0.1) is 0 Å². The van der Waals surface area contributed by atoms with Crippen LogP contribution in [-0.2, 0) is 4.79 Å². The maximum Gasteiger partial charge on any atom is 0.119 e. The summed E-state index contributed by atoms with van der Waals surface area (Å²) in [6.45, 7) is 4.09. The summed E-state index contributed by atoms with van der Waals surface area (Å²) in [5.41, 5.74) is 1.93. The summed E-state index contributed by atoms with van der Waals surface area (Å²) in [6.07, 6.45) is 2.58. The summed E-state index contributed by atoms with van der Waals surface area (Å²) in [5.74, 6) is -0.115. The molecular weight excluding hydrogens is 204 g/mol. The second-order valence-corrected chi connectivity index (χ2v) is 3.80. The van der Waals surface area contributed by atoms with Crippen molar-refractivity contribution in [3.05, 3.63) is 35.4 Å². The van der Waals surface area contributed by atoms with Crippen LogP contribution in [0.2, 0.25) is 0 Å². The van der Waals surface area contributed by atoms with E-state index in [1.54, 1.807) is 19.3 Å². The molecule has 86 valence electrons. The lowest BCUT2D eigenvalue weighted by atomic mass is 9.96. The van der Waals surface area contributed by atoms with E-state index in [1.165, 1.54) is 0 Å². The summed E-state index contributed by atoms with van der Waals surface area (Å²) in [6, 6.07) is 5.56. The lowest BCUT2D eigenvalue weighted by molar-refractivity contribution is -0.297. The second kappa shape index (κ2) is 5.35. The van der Waals surface area contributed by atoms with Gasteiger partial charge in [-0.15, -0.1) is 0 Å². The fraction of sp³-hybridized carbons (Fsp3) is 0.308. The third-order valence-electron chi connectivity index (χ3n) is 2.31. The Morgan fingerprint density at radius 2 is 2.12 bits per heavy atom. The molecule has 0 atom stereocenters. The molecule has 0 saturated heterocycles. The van der Waals surface area contributed by atoms with Crippen LogP contribution >= 0.6 is 0 Å². The van der Waals surface area contributed by atoms with Gasteiger partial charge < -0.3 is 14.6 Å². The molecule has 0 saturated carbocycles. The summed E-state index contributed by atoms with van der Waals surface area (Å²) in [5, 5.41) is 10.4. The average molecular weight is 219 g/mol. The van der Waals surface area contributed by atoms with Gasteiger partial charge in [0.05, 0.1) is 13.1 Å². The number of methoxy groups -OCH3 is 1. The van der Waals surface area contributed by atoms with Crippen LogP contribution in [-0.4, -0.2) is 13.1 Å². The normalized spacial score (nSPS) is 11.0. The van der Waals surface area contributed by atoms with Crippen LogP contribution in [0.1, 0.15) is 30.9 Å². The standard InChI is InChI=1S/C13H16O3/c1-9(2)12-8-11(16-3)6-4-10(12)5-7-13(14)15/h4-9H,1-3H3,(H,14,15)/p-1/b7-5+. The molecule has 16 heavy (non-hydrogen) atoms. The Kier molecular flexibility index (Phi) is 4.11. The molecule has 0 aliphatic carbocycles. The SMILES string of the molecule is COc1ccc(/C=C/C(=O)[O-])c(C(C)C)c1. The van der Waals surface area contributed by atoms with Gasteiger partial charge in [-0.1, -0.05) is 26.0 Å². The first-order chi connectivity index (χ1) is 7.54.